The number of nitrogens with two attached hydrogens (primary N) is 1. The second kappa shape index (κ2) is 8.05. The van der Waals surface area contributed by atoms with Gasteiger partial charge < -0.3 is 10.0 Å². The van der Waals surface area contributed by atoms with E-state index >= 15 is 0 Å². The highest BCUT2D eigenvalue weighted by atomic mass is 35.5. The number of aromatic nitrogens is 3. The Morgan fingerprint density at radius 2 is 2.13 bits per heavy atom. The molecule has 0 bridgehead atoms. The van der Waals surface area contributed by atoms with Gasteiger partial charge in [0.1, 0.15) is 17.0 Å². The minimum atomic E-state index is -2.94. The average Bonchev–Trinajstić information content (AvgIpc) is 2.96. The molecule has 3 heterocycles. The van der Waals surface area contributed by atoms with Crippen LogP contribution in [0.25, 0.3) is 5.52 Å². The van der Waals surface area contributed by atoms with Gasteiger partial charge in [0.25, 0.3) is 5.92 Å². The number of halogens is 3. The summed E-state index contributed by atoms with van der Waals surface area (Å²) in [5.41, 5.74) is 2.16. The van der Waals surface area contributed by atoms with Crippen LogP contribution in [-0.4, -0.2) is 62.2 Å². The van der Waals surface area contributed by atoms with Gasteiger partial charge in [-0.25, -0.2) is 22.6 Å². The van der Waals surface area contributed by atoms with Gasteiger partial charge in [-0.2, -0.15) is 5.10 Å². The summed E-state index contributed by atoms with van der Waals surface area (Å²) in [6.45, 7) is 4.91. The number of hydrogen-bond donors (Lipinski definition) is 2. The molecule has 2 aromatic heterocycles. The largest absolute Gasteiger partial charge is 0.396 e. The van der Waals surface area contributed by atoms with Crippen LogP contribution in [0.3, 0.4) is 0 Å². The lowest BCUT2D eigenvalue weighted by Gasteiger charge is -2.61. The van der Waals surface area contributed by atoms with Crippen LogP contribution >= 0.6 is 23.7 Å². The molecule has 0 atom stereocenters. The Balaban J connectivity index is 1.43. The molecule has 4 rings (SSSR count). The molecule has 3 N–H and O–H groups in total. The quantitative estimate of drug-likeness (QED) is 0.584. The van der Waals surface area contributed by atoms with Gasteiger partial charge in [0.2, 0.25) is 0 Å². The van der Waals surface area contributed by atoms with E-state index < -0.39 is 25.5 Å². The minimum Gasteiger partial charge on any atom is -0.396 e. The third-order valence-electron chi connectivity index (χ3n) is 6.24. The molecule has 0 unspecified atom stereocenters. The fourth-order valence-electron chi connectivity index (χ4n) is 4.73. The van der Waals surface area contributed by atoms with Crippen LogP contribution in [0, 0.1) is 5.41 Å². The molecule has 1 saturated carbocycles. The highest BCUT2D eigenvalue weighted by molar-refractivity contribution is 7.94. The molecule has 0 amide bonds. The van der Waals surface area contributed by atoms with E-state index in [-0.39, 0.29) is 17.4 Å². The maximum Gasteiger partial charge on any atom is 0.263 e. The van der Waals surface area contributed by atoms with Crippen LogP contribution in [0.2, 0.25) is 5.15 Å². The number of alkyl halides is 2. The van der Waals surface area contributed by atoms with E-state index in [0.29, 0.717) is 5.15 Å². The van der Waals surface area contributed by atoms with Crippen molar-refractivity contribution in [2.24, 2.45) is 10.6 Å². The van der Waals surface area contributed by atoms with E-state index in [1.807, 2.05) is 6.07 Å². The third-order valence-corrected chi connectivity index (χ3v) is 7.21. The van der Waals surface area contributed by atoms with Crippen molar-refractivity contribution in [3.63, 3.8) is 0 Å². The first-order valence-electron chi connectivity index (χ1n) is 10.1. The van der Waals surface area contributed by atoms with E-state index in [9.17, 15) is 8.78 Å². The second-order valence-corrected chi connectivity index (χ2v) is 9.92. The molecule has 2 fully saturated rings. The lowest BCUT2D eigenvalue weighted by molar-refractivity contribution is -0.0609. The number of anilines is 1. The summed E-state index contributed by atoms with van der Waals surface area (Å²) in [4.78, 5) is 6.74. The fourth-order valence-corrected chi connectivity index (χ4v) is 5.56. The van der Waals surface area contributed by atoms with E-state index in [1.54, 1.807) is 8.82 Å². The summed E-state index contributed by atoms with van der Waals surface area (Å²) < 4.78 is 31.1. The average molecular weight is 461 g/mol. The molecular weight excluding hydrogens is 434 g/mol. The normalized spacial score (nSPS) is 19.2. The Morgan fingerprint density at radius 3 is 2.73 bits per heavy atom. The Kier molecular flexibility index (Phi) is 5.91. The fraction of sp³-hybridized carbons (Fsp3) is 0.684. The van der Waals surface area contributed by atoms with E-state index in [1.165, 1.54) is 6.33 Å². The first-order valence-corrected chi connectivity index (χ1v) is 11.3. The van der Waals surface area contributed by atoms with Gasteiger partial charge in [-0.1, -0.05) is 25.4 Å². The van der Waals surface area contributed by atoms with Gasteiger partial charge in [-0.05, 0) is 30.4 Å². The summed E-state index contributed by atoms with van der Waals surface area (Å²) >= 11 is 7.23. The summed E-state index contributed by atoms with van der Waals surface area (Å²) in [6, 6.07) is 1.96. The van der Waals surface area contributed by atoms with Crippen molar-refractivity contribution in [1.82, 2.24) is 18.9 Å². The predicted molar refractivity (Wildman–Crippen MR) is 115 cm³/mol. The third kappa shape index (κ3) is 3.88. The van der Waals surface area contributed by atoms with Gasteiger partial charge in [0, 0.05) is 49.7 Å². The lowest BCUT2D eigenvalue weighted by atomic mass is 9.60. The van der Waals surface area contributed by atoms with Crippen molar-refractivity contribution < 1.29 is 13.9 Å². The zero-order valence-corrected chi connectivity index (χ0v) is 18.6. The van der Waals surface area contributed by atoms with Crippen molar-refractivity contribution in [3.05, 3.63) is 23.1 Å². The van der Waals surface area contributed by atoms with E-state index in [4.69, 9.17) is 21.8 Å². The number of nitrogens with zero attached hydrogens (tertiary/aromatic N) is 5. The van der Waals surface area contributed by atoms with Crippen molar-refractivity contribution in [2.45, 2.75) is 51.0 Å². The maximum atomic E-state index is 13.9. The molecule has 11 heteroatoms. The highest BCUT2D eigenvalue weighted by Gasteiger charge is 2.55. The topological polar surface area (TPSA) is 82.9 Å². The molecule has 166 valence electrons. The van der Waals surface area contributed by atoms with Crippen molar-refractivity contribution in [2.75, 3.05) is 31.1 Å². The Morgan fingerprint density at radius 1 is 1.43 bits per heavy atom. The zero-order chi connectivity index (χ0) is 21.7. The number of fused-ring (bicyclic) bond motifs is 1. The maximum absolute atomic E-state index is 13.9. The molecule has 2 aliphatic rings. The molecule has 1 aliphatic carbocycles. The first-order chi connectivity index (χ1) is 14.2. The van der Waals surface area contributed by atoms with Gasteiger partial charge >= 0.3 is 0 Å². The summed E-state index contributed by atoms with van der Waals surface area (Å²) in [5.74, 6) is -1.78. The predicted octanol–water partition coefficient (Wildman–Crippen LogP) is 3.32. The zero-order valence-electron chi connectivity index (χ0n) is 17.1. The number of aliphatic hydroxyl groups is 1. The van der Waals surface area contributed by atoms with Crippen molar-refractivity contribution in [3.8, 4) is 0 Å². The smallest absolute Gasteiger partial charge is 0.263 e. The Labute approximate surface area is 183 Å². The first kappa shape index (κ1) is 22.0. The lowest BCUT2D eigenvalue weighted by Crippen LogP contribution is -2.66. The van der Waals surface area contributed by atoms with Crippen LogP contribution in [-0.2, 0) is 0 Å². The Bertz CT molecular complexity index is 912. The molecule has 1 saturated heterocycles. The summed E-state index contributed by atoms with van der Waals surface area (Å²) in [6.07, 6.45) is 2.62. The number of hydrogen-bond acceptors (Lipinski definition) is 7. The number of rotatable bonds is 8. The molecular formula is C19H27ClF2N6OS. The monoisotopic (exact) mass is 460 g/mol. The molecule has 1 aliphatic heterocycles. The molecule has 7 nitrogen and oxygen atoms in total. The van der Waals surface area contributed by atoms with Crippen LogP contribution in [0.5, 0.6) is 0 Å². The molecule has 30 heavy (non-hydrogen) atoms. The molecule has 0 aromatic carbocycles. The van der Waals surface area contributed by atoms with E-state index in [0.717, 1.165) is 55.0 Å². The minimum absolute atomic E-state index is 0.0195. The SMILES string of the molecule is CC(C)c1cc(Cl)n2ncnc(N3CC4(CC(N(CC(F)(F)CCO)SN)C4)C3)c12. The van der Waals surface area contributed by atoms with Crippen LogP contribution in [0.15, 0.2) is 12.4 Å². The van der Waals surface area contributed by atoms with Crippen LogP contribution in [0.4, 0.5) is 14.6 Å². The summed E-state index contributed by atoms with van der Waals surface area (Å²) in [7, 11) is 0. The van der Waals surface area contributed by atoms with Crippen LogP contribution < -0.4 is 10.0 Å². The standard InChI is InChI=1S/C19H27ClF2N6OS/c1-12(2)14-5-15(20)28-16(14)17(24-11-25-28)26-8-18(9-26)6-13(7-18)27(30-23)10-19(21,22)3-4-29/h5,11-13,29H,3-4,6-10,23H2,1-2H3. The molecule has 0 radical (unpaired) electrons. The van der Waals surface area contributed by atoms with Gasteiger partial charge in [0.05, 0.1) is 6.54 Å². The highest BCUT2D eigenvalue weighted by Crippen LogP contribution is 2.53. The van der Waals surface area contributed by atoms with Crippen molar-refractivity contribution in [1.29, 1.82) is 0 Å². The Hall–Kier alpha value is -1.20. The number of aliphatic hydroxyl groups excluding tert-OH is 1. The van der Waals surface area contributed by atoms with Crippen molar-refractivity contribution >= 4 is 35.1 Å². The van der Waals surface area contributed by atoms with Gasteiger partial charge in [-0.3, -0.25) is 5.14 Å². The molecule has 1 spiro atoms. The summed E-state index contributed by atoms with van der Waals surface area (Å²) in [5, 5.41) is 19.4. The molecule has 2 aromatic rings. The van der Waals surface area contributed by atoms with Gasteiger partial charge in [-0.15, -0.1) is 0 Å². The van der Waals surface area contributed by atoms with Gasteiger partial charge in [0.15, 0.2) is 5.82 Å². The van der Waals surface area contributed by atoms with Crippen LogP contribution in [0.1, 0.15) is 44.6 Å². The van der Waals surface area contributed by atoms with E-state index in [2.05, 4.69) is 28.8 Å². The second-order valence-electron chi connectivity index (χ2n) is 8.85.